The highest BCUT2D eigenvalue weighted by molar-refractivity contribution is 5.92. The summed E-state index contributed by atoms with van der Waals surface area (Å²) >= 11 is 0. The van der Waals surface area contributed by atoms with Crippen molar-refractivity contribution in [2.24, 2.45) is 0 Å². The van der Waals surface area contributed by atoms with Gasteiger partial charge in [0.15, 0.2) is 17.5 Å². The van der Waals surface area contributed by atoms with E-state index >= 15 is 0 Å². The maximum absolute atomic E-state index is 13.9. The number of ether oxygens (including phenoxy) is 1. The Balaban J connectivity index is 1.71. The van der Waals surface area contributed by atoms with Crippen molar-refractivity contribution in [1.29, 1.82) is 0 Å². The summed E-state index contributed by atoms with van der Waals surface area (Å²) in [4.78, 5) is 8.98. The lowest BCUT2D eigenvalue weighted by Crippen LogP contribution is -2.22. The molecule has 0 bridgehead atoms. The van der Waals surface area contributed by atoms with E-state index in [0.717, 1.165) is 42.9 Å². The molecule has 134 valence electrons. The van der Waals surface area contributed by atoms with Crippen LogP contribution < -0.4 is 10.6 Å². The van der Waals surface area contributed by atoms with Crippen LogP contribution in [0.2, 0.25) is 0 Å². The molecule has 1 aromatic carbocycles. The molecular formula is C17H16F2N6O. The molecule has 9 heteroatoms. The molecule has 3 aromatic rings. The molecule has 4 heterocycles. The fourth-order valence-electron chi connectivity index (χ4n) is 3.39. The molecule has 1 unspecified atom stereocenters. The van der Waals surface area contributed by atoms with Crippen molar-refractivity contribution >= 4 is 16.6 Å². The van der Waals surface area contributed by atoms with Crippen molar-refractivity contribution in [3.05, 3.63) is 35.7 Å². The van der Waals surface area contributed by atoms with Gasteiger partial charge in [-0.3, -0.25) is 5.32 Å². The van der Waals surface area contributed by atoms with Crippen molar-refractivity contribution in [2.75, 3.05) is 25.0 Å². The number of fused-ring (bicyclic) bond motifs is 2. The van der Waals surface area contributed by atoms with E-state index in [-0.39, 0.29) is 0 Å². The fourth-order valence-corrected chi connectivity index (χ4v) is 3.39. The van der Waals surface area contributed by atoms with Crippen LogP contribution in [-0.4, -0.2) is 39.4 Å². The second kappa shape index (κ2) is 5.96. The minimum absolute atomic E-state index is 0.389. The van der Waals surface area contributed by atoms with E-state index in [1.165, 1.54) is 4.68 Å². The van der Waals surface area contributed by atoms with E-state index < -0.39 is 18.0 Å². The Morgan fingerprint density at radius 1 is 1.19 bits per heavy atom. The van der Waals surface area contributed by atoms with Gasteiger partial charge in [0.1, 0.15) is 5.69 Å². The lowest BCUT2D eigenvalue weighted by atomic mass is 10.1. The van der Waals surface area contributed by atoms with Crippen LogP contribution in [0.1, 0.15) is 18.5 Å². The molecule has 26 heavy (non-hydrogen) atoms. The number of aryl methyl sites for hydroxylation is 1. The molecule has 0 aliphatic carbocycles. The minimum atomic E-state index is -0.932. The van der Waals surface area contributed by atoms with E-state index in [1.54, 1.807) is 6.20 Å². The first-order chi connectivity index (χ1) is 12.7. The molecule has 0 spiro atoms. The Morgan fingerprint density at radius 2 is 2.08 bits per heavy atom. The molecule has 1 atom stereocenters. The first-order valence-corrected chi connectivity index (χ1v) is 8.53. The van der Waals surface area contributed by atoms with Gasteiger partial charge in [-0.05, 0) is 18.9 Å². The van der Waals surface area contributed by atoms with Crippen LogP contribution in [0.25, 0.3) is 22.4 Å². The van der Waals surface area contributed by atoms with Crippen LogP contribution in [-0.2, 0) is 11.2 Å². The first-order valence-electron chi connectivity index (χ1n) is 8.53. The van der Waals surface area contributed by atoms with Gasteiger partial charge in [0, 0.05) is 24.5 Å². The van der Waals surface area contributed by atoms with E-state index in [4.69, 9.17) is 4.74 Å². The SMILES string of the molecule is Fc1cc2c(-c3ncc4c(n3)CCCN4)nn(C3NCCO3)c2cc1F. The molecule has 5 rings (SSSR count). The Hall–Kier alpha value is -2.65. The van der Waals surface area contributed by atoms with Crippen molar-refractivity contribution < 1.29 is 13.5 Å². The zero-order valence-electron chi connectivity index (χ0n) is 13.8. The number of halogens is 2. The summed E-state index contributed by atoms with van der Waals surface area (Å²) in [7, 11) is 0. The van der Waals surface area contributed by atoms with Crippen molar-refractivity contribution in [1.82, 2.24) is 25.1 Å². The first kappa shape index (κ1) is 15.6. The third-order valence-electron chi connectivity index (χ3n) is 4.65. The van der Waals surface area contributed by atoms with Gasteiger partial charge in [-0.1, -0.05) is 0 Å². The average Bonchev–Trinajstić information content (AvgIpc) is 3.30. The summed E-state index contributed by atoms with van der Waals surface area (Å²) in [5.74, 6) is -1.47. The molecule has 7 nitrogen and oxygen atoms in total. The van der Waals surface area contributed by atoms with Gasteiger partial charge in [0.05, 0.1) is 29.7 Å². The number of nitrogens with one attached hydrogen (secondary N) is 2. The van der Waals surface area contributed by atoms with E-state index in [9.17, 15) is 8.78 Å². The van der Waals surface area contributed by atoms with E-state index in [0.29, 0.717) is 35.6 Å². The monoisotopic (exact) mass is 358 g/mol. The summed E-state index contributed by atoms with van der Waals surface area (Å²) < 4.78 is 34.8. The number of hydrogen-bond donors (Lipinski definition) is 2. The van der Waals surface area contributed by atoms with Crippen molar-refractivity contribution in [2.45, 2.75) is 19.2 Å². The van der Waals surface area contributed by atoms with Gasteiger partial charge in [-0.15, -0.1) is 0 Å². The summed E-state index contributed by atoms with van der Waals surface area (Å²) in [6, 6.07) is 2.27. The zero-order valence-corrected chi connectivity index (χ0v) is 13.8. The van der Waals surface area contributed by atoms with E-state index in [2.05, 4.69) is 25.7 Å². The largest absolute Gasteiger partial charge is 0.382 e. The molecule has 1 fully saturated rings. The van der Waals surface area contributed by atoms with Crippen LogP contribution in [0.3, 0.4) is 0 Å². The molecule has 0 radical (unpaired) electrons. The van der Waals surface area contributed by atoms with Crippen LogP contribution in [0.5, 0.6) is 0 Å². The van der Waals surface area contributed by atoms with Gasteiger partial charge in [-0.25, -0.2) is 23.4 Å². The molecule has 1 saturated heterocycles. The highest BCUT2D eigenvalue weighted by Gasteiger charge is 2.25. The standard InChI is InChI=1S/C17H16F2N6O/c18-10-6-9-14(7-11(10)19)25(17-21-4-5-26-17)24-15(9)16-22-8-13-12(23-16)2-1-3-20-13/h6-8,17,20-21H,1-5H2. The smallest absolute Gasteiger partial charge is 0.206 e. The lowest BCUT2D eigenvalue weighted by molar-refractivity contribution is 0.0381. The Morgan fingerprint density at radius 3 is 2.92 bits per heavy atom. The Labute approximate surface area is 147 Å². The molecule has 0 saturated carbocycles. The maximum Gasteiger partial charge on any atom is 0.206 e. The number of rotatable bonds is 2. The summed E-state index contributed by atoms with van der Waals surface area (Å²) in [6.45, 7) is 2.07. The number of benzene rings is 1. The highest BCUT2D eigenvalue weighted by atomic mass is 19.2. The Bertz CT molecular complexity index is 999. The normalized spacial score (nSPS) is 19.5. The molecule has 2 N–H and O–H groups in total. The number of hydrogen-bond acceptors (Lipinski definition) is 6. The van der Waals surface area contributed by atoms with Crippen LogP contribution in [0, 0.1) is 11.6 Å². The summed E-state index contributed by atoms with van der Waals surface area (Å²) in [5.41, 5.74) is 2.64. The third-order valence-corrected chi connectivity index (χ3v) is 4.65. The summed E-state index contributed by atoms with van der Waals surface area (Å²) in [6.07, 6.45) is 3.01. The zero-order chi connectivity index (χ0) is 17.7. The maximum atomic E-state index is 13.9. The van der Waals surface area contributed by atoms with E-state index in [1.807, 2.05) is 0 Å². The van der Waals surface area contributed by atoms with Crippen molar-refractivity contribution in [3.63, 3.8) is 0 Å². The van der Waals surface area contributed by atoms with Crippen molar-refractivity contribution in [3.8, 4) is 11.5 Å². The minimum Gasteiger partial charge on any atom is -0.382 e. The number of anilines is 1. The number of aromatic nitrogens is 4. The molecule has 2 aromatic heterocycles. The molecule has 2 aliphatic heterocycles. The predicted octanol–water partition coefficient (Wildman–Crippen LogP) is 2.21. The predicted molar refractivity (Wildman–Crippen MR) is 90.5 cm³/mol. The molecule has 0 amide bonds. The van der Waals surface area contributed by atoms with Gasteiger partial charge in [0.25, 0.3) is 0 Å². The van der Waals surface area contributed by atoms with Crippen LogP contribution in [0.4, 0.5) is 14.5 Å². The molecule has 2 aliphatic rings. The second-order valence-corrected chi connectivity index (χ2v) is 6.34. The third kappa shape index (κ3) is 2.43. The highest BCUT2D eigenvalue weighted by Crippen LogP contribution is 2.31. The summed E-state index contributed by atoms with van der Waals surface area (Å²) in [5, 5.41) is 11.4. The number of nitrogens with zero attached hydrogens (tertiary/aromatic N) is 4. The van der Waals surface area contributed by atoms with Crippen LogP contribution >= 0.6 is 0 Å². The van der Waals surface area contributed by atoms with Gasteiger partial charge in [-0.2, -0.15) is 5.10 Å². The average molecular weight is 358 g/mol. The van der Waals surface area contributed by atoms with Gasteiger partial charge >= 0.3 is 0 Å². The Kier molecular flexibility index (Phi) is 3.57. The van der Waals surface area contributed by atoms with Gasteiger partial charge in [0.2, 0.25) is 6.35 Å². The quantitative estimate of drug-likeness (QED) is 0.731. The fraction of sp³-hybridized carbons (Fsp3) is 0.353. The topological polar surface area (TPSA) is 76.9 Å². The lowest BCUT2D eigenvalue weighted by Gasteiger charge is -2.16. The van der Waals surface area contributed by atoms with Gasteiger partial charge < -0.3 is 10.1 Å². The molecular weight excluding hydrogens is 342 g/mol. The second-order valence-electron chi connectivity index (χ2n) is 6.34. The van der Waals surface area contributed by atoms with Crippen LogP contribution in [0.15, 0.2) is 18.3 Å².